The molecule has 1 saturated heterocycles. The molecule has 0 bridgehead atoms. The standard InChI is InChI=1S/C26H30N6S.ClH/c1-16-14-32-15-19(9-18(13-27)23(32)28-16)17-7-8-21-22(10-17)33-24(29-21)31(6)20-11-25(2,3)30-26(4,5)12-20;/h7-10,14-15,20,30H,11-12H2,1-6H3;1H. The first-order valence-corrected chi connectivity index (χ1v) is 12.2. The average Bonchev–Trinajstić information content (AvgIpc) is 3.31. The predicted octanol–water partition coefficient (Wildman–Crippen LogP) is 5.96. The molecule has 4 heterocycles. The predicted molar refractivity (Wildman–Crippen MR) is 143 cm³/mol. The van der Waals surface area contributed by atoms with Gasteiger partial charge in [0.25, 0.3) is 0 Å². The molecular formula is C26H31ClN6S. The van der Waals surface area contributed by atoms with Gasteiger partial charge >= 0.3 is 0 Å². The highest BCUT2D eigenvalue weighted by Crippen LogP contribution is 2.37. The number of aryl methyl sites for hydroxylation is 1. The number of hydrogen-bond donors (Lipinski definition) is 1. The Labute approximate surface area is 211 Å². The Morgan fingerprint density at radius 3 is 2.47 bits per heavy atom. The first kappa shape index (κ1) is 24.5. The molecular weight excluding hydrogens is 464 g/mol. The maximum atomic E-state index is 9.63. The minimum Gasteiger partial charge on any atom is -0.348 e. The van der Waals surface area contributed by atoms with Crippen molar-refractivity contribution in [1.29, 1.82) is 5.26 Å². The van der Waals surface area contributed by atoms with Gasteiger partial charge in [-0.05, 0) is 76.8 Å². The molecule has 8 heteroatoms. The lowest BCUT2D eigenvalue weighted by molar-refractivity contribution is 0.161. The van der Waals surface area contributed by atoms with Crippen LogP contribution < -0.4 is 10.2 Å². The van der Waals surface area contributed by atoms with Crippen LogP contribution in [-0.2, 0) is 0 Å². The maximum Gasteiger partial charge on any atom is 0.186 e. The smallest absolute Gasteiger partial charge is 0.186 e. The van der Waals surface area contributed by atoms with Crippen LogP contribution in [0.25, 0.3) is 27.0 Å². The van der Waals surface area contributed by atoms with Gasteiger partial charge in [0.1, 0.15) is 6.07 Å². The third kappa shape index (κ3) is 4.50. The minimum absolute atomic E-state index is 0. The summed E-state index contributed by atoms with van der Waals surface area (Å²) < 4.78 is 3.10. The van der Waals surface area contributed by atoms with Crippen LogP contribution in [0.15, 0.2) is 36.7 Å². The van der Waals surface area contributed by atoms with Gasteiger partial charge in [0.15, 0.2) is 10.8 Å². The fourth-order valence-corrected chi connectivity index (χ4v) is 6.44. The molecule has 0 aliphatic carbocycles. The van der Waals surface area contributed by atoms with E-state index in [4.69, 9.17) is 4.98 Å². The van der Waals surface area contributed by atoms with Crippen LogP contribution >= 0.6 is 23.7 Å². The molecule has 0 atom stereocenters. The van der Waals surface area contributed by atoms with E-state index in [1.165, 1.54) is 0 Å². The molecule has 0 radical (unpaired) electrons. The Balaban J connectivity index is 0.00000274. The third-order valence-electron chi connectivity index (χ3n) is 6.52. The van der Waals surface area contributed by atoms with Crippen molar-refractivity contribution in [2.75, 3.05) is 11.9 Å². The quantitative estimate of drug-likeness (QED) is 0.380. The van der Waals surface area contributed by atoms with Crippen LogP contribution in [-0.4, -0.2) is 38.5 Å². The van der Waals surface area contributed by atoms with Crippen LogP contribution in [0.1, 0.15) is 51.8 Å². The molecule has 178 valence electrons. The number of nitrogens with one attached hydrogen (secondary N) is 1. The third-order valence-corrected chi connectivity index (χ3v) is 7.63. The molecule has 4 aromatic rings. The first-order valence-electron chi connectivity index (χ1n) is 11.4. The van der Waals surface area contributed by atoms with E-state index in [2.05, 4.69) is 74.2 Å². The summed E-state index contributed by atoms with van der Waals surface area (Å²) in [6.07, 6.45) is 6.16. The Kier molecular flexibility index (Phi) is 6.14. The number of nitriles is 1. The molecule has 1 N–H and O–H groups in total. The fourth-order valence-electron chi connectivity index (χ4n) is 5.40. The Bertz CT molecular complexity index is 1390. The van der Waals surface area contributed by atoms with E-state index < -0.39 is 0 Å². The molecule has 0 unspecified atom stereocenters. The molecule has 1 aliphatic rings. The van der Waals surface area contributed by atoms with E-state index >= 15 is 0 Å². The van der Waals surface area contributed by atoms with Crippen LogP contribution in [0.4, 0.5) is 5.13 Å². The molecule has 5 rings (SSSR count). The summed E-state index contributed by atoms with van der Waals surface area (Å²) in [7, 11) is 2.18. The van der Waals surface area contributed by atoms with Gasteiger partial charge in [-0.15, -0.1) is 12.4 Å². The zero-order chi connectivity index (χ0) is 23.5. The van der Waals surface area contributed by atoms with E-state index in [0.29, 0.717) is 17.3 Å². The summed E-state index contributed by atoms with van der Waals surface area (Å²) in [4.78, 5) is 11.8. The number of rotatable bonds is 3. The molecule has 1 aliphatic heterocycles. The van der Waals surface area contributed by atoms with Crippen LogP contribution in [0.5, 0.6) is 0 Å². The van der Waals surface area contributed by atoms with Crippen molar-refractivity contribution >= 4 is 44.7 Å². The maximum absolute atomic E-state index is 9.63. The number of imidazole rings is 1. The Morgan fingerprint density at radius 2 is 1.79 bits per heavy atom. The van der Waals surface area contributed by atoms with Gasteiger partial charge in [0.05, 0.1) is 21.5 Å². The summed E-state index contributed by atoms with van der Waals surface area (Å²) >= 11 is 1.74. The molecule has 6 nitrogen and oxygen atoms in total. The highest BCUT2D eigenvalue weighted by Gasteiger charge is 2.39. The van der Waals surface area contributed by atoms with E-state index in [9.17, 15) is 5.26 Å². The van der Waals surface area contributed by atoms with E-state index in [0.717, 1.165) is 45.0 Å². The highest BCUT2D eigenvalue weighted by molar-refractivity contribution is 7.22. The second-order valence-corrected chi connectivity index (χ2v) is 11.6. The van der Waals surface area contributed by atoms with Gasteiger partial charge in [-0.1, -0.05) is 17.4 Å². The summed E-state index contributed by atoms with van der Waals surface area (Å²) in [5.41, 5.74) is 5.46. The van der Waals surface area contributed by atoms with Crippen molar-refractivity contribution < 1.29 is 0 Å². The van der Waals surface area contributed by atoms with E-state index in [1.54, 1.807) is 11.3 Å². The number of aromatic nitrogens is 3. The van der Waals surface area contributed by atoms with Crippen molar-refractivity contribution in [3.8, 4) is 17.2 Å². The normalized spacial score (nSPS) is 17.4. The van der Waals surface area contributed by atoms with Crippen molar-refractivity contribution in [2.45, 2.75) is 64.6 Å². The van der Waals surface area contributed by atoms with Gasteiger partial charge in [-0.2, -0.15) is 5.26 Å². The number of benzene rings is 1. The lowest BCUT2D eigenvalue weighted by Crippen LogP contribution is -2.61. The fraction of sp³-hybridized carbons (Fsp3) is 0.423. The number of pyridine rings is 1. The lowest BCUT2D eigenvalue weighted by Gasteiger charge is -2.48. The van der Waals surface area contributed by atoms with Crippen molar-refractivity contribution in [3.05, 3.63) is 47.9 Å². The summed E-state index contributed by atoms with van der Waals surface area (Å²) in [6.45, 7) is 11.1. The topological polar surface area (TPSA) is 69.2 Å². The Morgan fingerprint density at radius 1 is 1.09 bits per heavy atom. The number of halogens is 1. The van der Waals surface area contributed by atoms with E-state index in [1.807, 2.05) is 29.8 Å². The molecule has 1 aromatic carbocycles. The van der Waals surface area contributed by atoms with Gasteiger partial charge < -0.3 is 14.6 Å². The van der Waals surface area contributed by atoms with Gasteiger partial charge in [-0.25, -0.2) is 9.97 Å². The average molecular weight is 495 g/mol. The minimum atomic E-state index is 0. The summed E-state index contributed by atoms with van der Waals surface area (Å²) in [5.74, 6) is 0. The second-order valence-electron chi connectivity index (χ2n) is 10.6. The van der Waals surface area contributed by atoms with Crippen molar-refractivity contribution in [1.82, 2.24) is 19.7 Å². The van der Waals surface area contributed by atoms with Gasteiger partial charge in [-0.3, -0.25) is 0 Å². The number of thiazole rings is 1. The molecule has 0 amide bonds. The van der Waals surface area contributed by atoms with Crippen LogP contribution in [0.3, 0.4) is 0 Å². The zero-order valence-electron chi connectivity index (χ0n) is 20.5. The van der Waals surface area contributed by atoms with Crippen LogP contribution in [0.2, 0.25) is 0 Å². The summed E-state index contributed by atoms with van der Waals surface area (Å²) in [5, 5.41) is 14.5. The number of piperidine rings is 1. The highest BCUT2D eigenvalue weighted by atomic mass is 35.5. The summed E-state index contributed by atoms with van der Waals surface area (Å²) in [6, 6.07) is 11.0. The number of fused-ring (bicyclic) bond motifs is 2. The number of hydrogen-bond acceptors (Lipinski definition) is 6. The SMILES string of the molecule is Cc1cn2cc(-c3ccc4nc(N(C)C5CC(C)(C)NC(C)(C)C5)sc4c3)cc(C#N)c2n1.Cl. The molecule has 0 saturated carbocycles. The molecule has 0 spiro atoms. The largest absolute Gasteiger partial charge is 0.348 e. The monoisotopic (exact) mass is 494 g/mol. The molecule has 3 aromatic heterocycles. The lowest BCUT2D eigenvalue weighted by atomic mass is 9.79. The van der Waals surface area contributed by atoms with Crippen molar-refractivity contribution in [3.63, 3.8) is 0 Å². The molecule has 1 fully saturated rings. The van der Waals surface area contributed by atoms with Gasteiger partial charge in [0, 0.05) is 36.6 Å². The van der Waals surface area contributed by atoms with Crippen LogP contribution in [0, 0.1) is 18.3 Å². The number of anilines is 1. The zero-order valence-corrected chi connectivity index (χ0v) is 22.1. The first-order chi connectivity index (χ1) is 15.5. The number of nitrogens with zero attached hydrogens (tertiary/aromatic N) is 5. The van der Waals surface area contributed by atoms with Crippen molar-refractivity contribution in [2.24, 2.45) is 0 Å². The van der Waals surface area contributed by atoms with Gasteiger partial charge in [0.2, 0.25) is 0 Å². The molecule has 34 heavy (non-hydrogen) atoms. The second kappa shape index (κ2) is 8.53. The Hall–Kier alpha value is -2.66. The van der Waals surface area contributed by atoms with E-state index in [-0.39, 0.29) is 23.5 Å².